The van der Waals surface area contributed by atoms with Crippen LogP contribution in [0.15, 0.2) is 97.6 Å². The van der Waals surface area contributed by atoms with Gasteiger partial charge in [-0.25, -0.2) is 37.3 Å². The molecule has 263 valence electrons. The SMILES string of the molecule is CO.CO.[Co+2].[O-][Cl+3]([O-])([O-])[O-].[O-][Cl+3]([O-])([O-])[O-].c1ccc(-c2nnc(-c3ccccn3)s2)nc1.c1ccc(-c2nnc(-c3ccccn3)s2)nc1. The average molecular weight is 802 g/mol. The van der Waals surface area contributed by atoms with Gasteiger partial charge in [-0.1, -0.05) is 46.9 Å². The van der Waals surface area contributed by atoms with Crippen LogP contribution >= 0.6 is 22.7 Å². The van der Waals surface area contributed by atoms with Crippen molar-refractivity contribution in [3.05, 3.63) is 97.6 Å². The Morgan fingerprint density at radius 3 is 0.735 bits per heavy atom. The Kier molecular flexibility index (Phi) is 22.7. The first-order valence-corrected chi connectivity index (χ1v) is 16.4. The summed E-state index contributed by atoms with van der Waals surface area (Å²) in [6.07, 6.45) is 6.99. The maximum Gasteiger partial charge on any atom is 2.00 e. The third-order valence-corrected chi connectivity index (χ3v) is 6.32. The van der Waals surface area contributed by atoms with Crippen molar-refractivity contribution >= 4 is 22.7 Å². The molecule has 6 heterocycles. The molecule has 0 spiro atoms. The smallest absolute Gasteiger partial charge is 0.400 e. The van der Waals surface area contributed by atoms with Crippen LogP contribution in [-0.2, 0) is 16.8 Å². The predicted molar refractivity (Wildman–Crippen MR) is 149 cm³/mol. The van der Waals surface area contributed by atoms with Crippen LogP contribution < -0.4 is 37.3 Å². The second kappa shape index (κ2) is 24.5. The molecule has 0 saturated carbocycles. The van der Waals surface area contributed by atoms with Gasteiger partial charge >= 0.3 is 16.8 Å². The molecular weight excluding hydrogens is 778 g/mol. The van der Waals surface area contributed by atoms with Crippen molar-refractivity contribution in [1.29, 1.82) is 0 Å². The molecule has 2 N–H and O–H groups in total. The molecule has 1 radical (unpaired) electrons. The first-order valence-electron chi connectivity index (χ1n) is 12.3. The van der Waals surface area contributed by atoms with Gasteiger partial charge in [-0.3, -0.25) is 19.9 Å². The number of aliphatic hydroxyl groups excluding tert-OH is 2. The summed E-state index contributed by atoms with van der Waals surface area (Å²) < 4.78 is 67.9. The van der Waals surface area contributed by atoms with Crippen LogP contribution in [0.25, 0.3) is 42.8 Å². The molecule has 6 aromatic rings. The zero-order valence-electron chi connectivity index (χ0n) is 24.9. The summed E-state index contributed by atoms with van der Waals surface area (Å²) in [4.78, 5) is 17.0. The number of nitrogens with zero attached hydrogens (tertiary/aromatic N) is 8. The maximum absolute atomic E-state index is 8.49. The summed E-state index contributed by atoms with van der Waals surface area (Å²) in [5.74, 6) is 0. The number of rotatable bonds is 4. The first-order chi connectivity index (χ1) is 22.9. The quantitative estimate of drug-likeness (QED) is 0.169. The number of aromatic nitrogens is 8. The topological polar surface area (TPSA) is 328 Å². The van der Waals surface area contributed by atoms with Gasteiger partial charge in [0.15, 0.2) is 20.0 Å². The molecule has 0 amide bonds. The fraction of sp³-hybridized carbons (Fsp3) is 0.0769. The summed E-state index contributed by atoms with van der Waals surface area (Å²) in [6.45, 7) is 0. The summed E-state index contributed by atoms with van der Waals surface area (Å²) in [6, 6.07) is 22.9. The van der Waals surface area contributed by atoms with E-state index >= 15 is 0 Å². The molecular formula is C26H24Cl2CoN8O10S2. The van der Waals surface area contributed by atoms with Gasteiger partial charge in [0.2, 0.25) is 0 Å². The monoisotopic (exact) mass is 801 g/mol. The van der Waals surface area contributed by atoms with E-state index in [2.05, 4.69) is 40.3 Å². The fourth-order valence-electron chi connectivity index (χ4n) is 2.82. The van der Waals surface area contributed by atoms with E-state index < -0.39 is 20.5 Å². The minimum atomic E-state index is -4.94. The molecule has 6 rings (SSSR count). The molecule has 0 saturated heterocycles. The maximum atomic E-state index is 8.49. The molecule has 23 heteroatoms. The number of pyridine rings is 4. The van der Waals surface area contributed by atoms with Crippen LogP contribution in [0.2, 0.25) is 0 Å². The Bertz CT molecular complexity index is 1430. The molecule has 0 aliphatic rings. The Hall–Kier alpha value is -3.59. The van der Waals surface area contributed by atoms with E-state index in [4.69, 9.17) is 47.5 Å². The van der Waals surface area contributed by atoms with Crippen molar-refractivity contribution in [1.82, 2.24) is 40.3 Å². The molecule has 0 atom stereocenters. The van der Waals surface area contributed by atoms with Gasteiger partial charge in [-0.2, -0.15) is 0 Å². The van der Waals surface area contributed by atoms with Gasteiger partial charge in [0, 0.05) is 39.0 Å². The van der Waals surface area contributed by atoms with Gasteiger partial charge in [0.1, 0.15) is 22.8 Å². The Morgan fingerprint density at radius 1 is 0.408 bits per heavy atom. The predicted octanol–water partition coefficient (Wildman–Crippen LogP) is -4.97. The van der Waals surface area contributed by atoms with Crippen LogP contribution in [0, 0.1) is 20.5 Å². The van der Waals surface area contributed by atoms with Crippen molar-refractivity contribution in [2.75, 3.05) is 14.2 Å². The molecule has 18 nitrogen and oxygen atoms in total. The van der Waals surface area contributed by atoms with Crippen molar-refractivity contribution in [3.63, 3.8) is 0 Å². The molecule has 0 aliphatic heterocycles. The standard InChI is InChI=1S/2C12H8N4S.2CH4O.2ClHO4.Co/c2*1-3-7-13-9(5-1)11-15-16-12(17-11)10-6-2-4-8-14-10;2*1-2;2*2-1(3,4)5;/h2*1-8H;2*2H,1H3;2*(H,2,3,4,5);/q;;;;;;+2/p-2. The number of halogens is 2. The second-order valence-electron chi connectivity index (χ2n) is 7.44. The van der Waals surface area contributed by atoms with E-state index in [1.165, 1.54) is 22.7 Å². The second-order valence-corrected chi connectivity index (χ2v) is 10.9. The van der Waals surface area contributed by atoms with Crippen LogP contribution in [0.3, 0.4) is 0 Å². The number of hydrogen-bond donors (Lipinski definition) is 2. The van der Waals surface area contributed by atoms with Crippen LogP contribution in [0.5, 0.6) is 0 Å². The van der Waals surface area contributed by atoms with Crippen molar-refractivity contribution in [3.8, 4) is 42.8 Å². The van der Waals surface area contributed by atoms with E-state index in [0.29, 0.717) is 0 Å². The normalized spacial score (nSPS) is 9.88. The van der Waals surface area contributed by atoms with Crippen molar-refractivity contribution in [2.45, 2.75) is 0 Å². The van der Waals surface area contributed by atoms with E-state index in [-0.39, 0.29) is 16.8 Å². The third kappa shape index (κ3) is 20.5. The van der Waals surface area contributed by atoms with Crippen molar-refractivity contribution < 1.29 is 84.8 Å². The van der Waals surface area contributed by atoms with Gasteiger partial charge in [-0.05, 0) is 48.5 Å². The zero-order valence-corrected chi connectivity index (χ0v) is 29.1. The Balaban J connectivity index is 0.000000678. The average Bonchev–Trinajstić information content (AvgIpc) is 3.79. The fourth-order valence-corrected chi connectivity index (χ4v) is 4.41. The van der Waals surface area contributed by atoms with Gasteiger partial charge in [0.05, 0.1) is 0 Å². The van der Waals surface area contributed by atoms with Crippen LogP contribution in [0.1, 0.15) is 0 Å². The zero-order chi connectivity index (χ0) is 36.0. The molecule has 6 aromatic heterocycles. The molecule has 0 fully saturated rings. The third-order valence-electron chi connectivity index (χ3n) is 4.39. The molecule has 49 heavy (non-hydrogen) atoms. The first kappa shape index (κ1) is 45.4. The van der Waals surface area contributed by atoms with E-state index in [9.17, 15) is 0 Å². The van der Waals surface area contributed by atoms with Gasteiger partial charge in [-0.15, -0.1) is 40.9 Å². The van der Waals surface area contributed by atoms with Crippen LogP contribution in [-0.4, -0.2) is 64.8 Å². The minimum Gasteiger partial charge on any atom is -0.400 e. The van der Waals surface area contributed by atoms with E-state index in [1.54, 1.807) is 24.8 Å². The summed E-state index contributed by atoms with van der Waals surface area (Å²) in [7, 11) is -7.89. The van der Waals surface area contributed by atoms with E-state index in [1.807, 2.05) is 72.8 Å². The number of hydrogen-bond acceptors (Lipinski definition) is 20. The molecule has 0 aliphatic carbocycles. The molecule has 0 aromatic carbocycles. The minimum absolute atomic E-state index is 0. The Morgan fingerprint density at radius 2 is 0.592 bits per heavy atom. The largest absolute Gasteiger partial charge is 2.00 e. The molecule has 0 bridgehead atoms. The van der Waals surface area contributed by atoms with E-state index in [0.717, 1.165) is 57.0 Å². The summed E-state index contributed by atoms with van der Waals surface area (Å²) in [5, 5.41) is 33.8. The number of aliphatic hydroxyl groups is 2. The van der Waals surface area contributed by atoms with Gasteiger partial charge < -0.3 is 10.2 Å². The molecule has 0 unspecified atom stereocenters. The van der Waals surface area contributed by atoms with Gasteiger partial charge in [0.25, 0.3) is 0 Å². The summed E-state index contributed by atoms with van der Waals surface area (Å²) >= 11 is 2.98. The summed E-state index contributed by atoms with van der Waals surface area (Å²) in [5.41, 5.74) is 3.36. The Labute approximate surface area is 301 Å². The van der Waals surface area contributed by atoms with Crippen molar-refractivity contribution in [2.24, 2.45) is 0 Å². The van der Waals surface area contributed by atoms with Crippen LogP contribution in [0.4, 0.5) is 0 Å².